The smallest absolute Gasteiger partial charge is 0.312 e. The number of hydrogen-bond acceptors (Lipinski definition) is 3. The van der Waals surface area contributed by atoms with Crippen LogP contribution in [0.4, 0.5) is 0 Å². The van der Waals surface area contributed by atoms with Crippen molar-refractivity contribution in [2.75, 3.05) is 7.05 Å². The molecule has 1 aliphatic rings. The minimum absolute atomic E-state index is 0.0210. The van der Waals surface area contributed by atoms with Gasteiger partial charge in [-0.3, -0.25) is 9.69 Å². The van der Waals surface area contributed by atoms with Gasteiger partial charge in [-0.2, -0.15) is 0 Å². The monoisotopic (exact) mass is 283 g/mol. The van der Waals surface area contributed by atoms with Crippen molar-refractivity contribution in [3.05, 3.63) is 0 Å². The van der Waals surface area contributed by atoms with Gasteiger partial charge in [0.15, 0.2) is 0 Å². The van der Waals surface area contributed by atoms with Crippen LogP contribution in [-0.4, -0.2) is 34.6 Å². The molecule has 0 amide bonds. The summed E-state index contributed by atoms with van der Waals surface area (Å²) in [7, 11) is 2.16. The highest BCUT2D eigenvalue weighted by Gasteiger charge is 2.51. The molecule has 3 nitrogen and oxygen atoms in total. The Hall–Kier alpha value is -0.570. The normalized spacial score (nSPS) is 25.2. The number of ether oxygens (including phenoxy) is 1. The van der Waals surface area contributed by atoms with Crippen LogP contribution in [0.3, 0.4) is 0 Å². The number of carbonyl (C=O) groups is 1. The highest BCUT2D eigenvalue weighted by Crippen LogP contribution is 2.44. The van der Waals surface area contributed by atoms with Gasteiger partial charge in [0.05, 0.1) is 5.41 Å². The molecular formula is C17H33NO2. The van der Waals surface area contributed by atoms with E-state index in [1.54, 1.807) is 0 Å². The van der Waals surface area contributed by atoms with E-state index in [2.05, 4.69) is 46.6 Å². The van der Waals surface area contributed by atoms with Crippen LogP contribution in [0, 0.1) is 5.41 Å². The van der Waals surface area contributed by atoms with Gasteiger partial charge >= 0.3 is 5.97 Å². The fourth-order valence-corrected chi connectivity index (χ4v) is 3.53. The molecular weight excluding hydrogens is 250 g/mol. The van der Waals surface area contributed by atoms with E-state index in [9.17, 15) is 4.79 Å². The first-order valence-electron chi connectivity index (χ1n) is 7.73. The predicted molar refractivity (Wildman–Crippen MR) is 83.7 cm³/mol. The lowest BCUT2D eigenvalue weighted by atomic mass is 9.72. The first-order chi connectivity index (χ1) is 8.76. The summed E-state index contributed by atoms with van der Waals surface area (Å²) in [6.07, 6.45) is 2.53. The lowest BCUT2D eigenvalue weighted by Crippen LogP contribution is -2.64. The van der Waals surface area contributed by atoms with Crippen LogP contribution in [0.25, 0.3) is 0 Å². The average molecular weight is 283 g/mol. The Balaban J connectivity index is 2.97. The second-order valence-electron chi connectivity index (χ2n) is 8.61. The number of carbonyl (C=O) groups excluding carboxylic acids is 1. The van der Waals surface area contributed by atoms with Crippen molar-refractivity contribution in [1.82, 2.24) is 4.90 Å². The summed E-state index contributed by atoms with van der Waals surface area (Å²) in [5.74, 6) is -0.0707. The van der Waals surface area contributed by atoms with Gasteiger partial charge in [-0.1, -0.05) is 6.92 Å². The van der Waals surface area contributed by atoms with Crippen molar-refractivity contribution < 1.29 is 9.53 Å². The Bertz CT molecular complexity index is 364. The molecule has 1 saturated heterocycles. The van der Waals surface area contributed by atoms with Crippen LogP contribution in [0.15, 0.2) is 0 Å². The van der Waals surface area contributed by atoms with Crippen LogP contribution in [-0.2, 0) is 9.53 Å². The standard InChI is InChI=1S/C17H33NO2/c1-10-14(2,3)13(19)20-17(8)11-15(4,5)18(9)16(6,7)12-17/h10-12H2,1-9H3. The summed E-state index contributed by atoms with van der Waals surface area (Å²) in [5.41, 5.74) is -0.746. The molecule has 0 bridgehead atoms. The number of likely N-dealkylation sites (tertiary alicyclic amines) is 1. The maximum atomic E-state index is 12.4. The van der Waals surface area contributed by atoms with Crippen molar-refractivity contribution in [2.24, 2.45) is 5.41 Å². The van der Waals surface area contributed by atoms with Crippen molar-refractivity contribution in [1.29, 1.82) is 0 Å². The molecule has 0 radical (unpaired) electrons. The zero-order valence-electron chi connectivity index (χ0n) is 14.9. The SMILES string of the molecule is CCC(C)(C)C(=O)OC1(C)CC(C)(C)N(C)C(C)(C)C1. The maximum absolute atomic E-state index is 12.4. The molecule has 1 heterocycles. The molecule has 20 heavy (non-hydrogen) atoms. The molecule has 0 spiro atoms. The van der Waals surface area contributed by atoms with Gasteiger partial charge in [-0.05, 0) is 61.9 Å². The zero-order valence-corrected chi connectivity index (χ0v) is 14.9. The van der Waals surface area contributed by atoms with E-state index < -0.39 is 5.41 Å². The Morgan fingerprint density at radius 2 is 1.50 bits per heavy atom. The number of hydrogen-bond donors (Lipinski definition) is 0. The highest BCUT2D eigenvalue weighted by atomic mass is 16.6. The Labute approximate surface area is 125 Å². The summed E-state index contributed by atoms with van der Waals surface area (Å²) in [4.78, 5) is 14.8. The second-order valence-corrected chi connectivity index (χ2v) is 8.61. The van der Waals surface area contributed by atoms with Gasteiger partial charge in [0.2, 0.25) is 0 Å². The van der Waals surface area contributed by atoms with Crippen molar-refractivity contribution in [3.8, 4) is 0 Å². The van der Waals surface area contributed by atoms with Gasteiger partial charge in [-0.15, -0.1) is 0 Å². The largest absolute Gasteiger partial charge is 0.459 e. The Morgan fingerprint density at radius 1 is 1.10 bits per heavy atom. The average Bonchev–Trinajstić information content (AvgIpc) is 2.24. The molecule has 0 saturated carbocycles. The first-order valence-corrected chi connectivity index (χ1v) is 7.73. The predicted octanol–water partition coefficient (Wildman–Crippen LogP) is 4.01. The molecule has 0 aromatic rings. The third-order valence-electron chi connectivity index (χ3n) is 5.20. The van der Waals surface area contributed by atoms with Gasteiger partial charge < -0.3 is 4.74 Å². The summed E-state index contributed by atoms with van der Waals surface area (Å²) >= 11 is 0. The molecule has 0 atom stereocenters. The van der Waals surface area contributed by atoms with Crippen molar-refractivity contribution >= 4 is 5.97 Å². The van der Waals surface area contributed by atoms with Crippen LogP contribution >= 0.6 is 0 Å². The Kier molecular flexibility index (Phi) is 4.38. The van der Waals surface area contributed by atoms with Crippen LogP contribution in [0.2, 0.25) is 0 Å². The van der Waals surface area contributed by atoms with Crippen LogP contribution in [0.5, 0.6) is 0 Å². The number of nitrogens with zero attached hydrogens (tertiary/aromatic N) is 1. The molecule has 0 aromatic heterocycles. The first kappa shape index (κ1) is 17.5. The minimum Gasteiger partial charge on any atom is -0.459 e. The third kappa shape index (κ3) is 3.36. The van der Waals surface area contributed by atoms with E-state index in [4.69, 9.17) is 4.74 Å². The fourth-order valence-electron chi connectivity index (χ4n) is 3.53. The Morgan fingerprint density at radius 3 is 1.85 bits per heavy atom. The molecule has 1 fully saturated rings. The molecule has 118 valence electrons. The number of esters is 1. The quantitative estimate of drug-likeness (QED) is 0.733. The number of piperidine rings is 1. The van der Waals surface area contributed by atoms with Crippen LogP contribution in [0.1, 0.15) is 74.7 Å². The molecule has 0 aliphatic carbocycles. The van der Waals surface area contributed by atoms with Crippen molar-refractivity contribution in [3.63, 3.8) is 0 Å². The fraction of sp³-hybridized carbons (Fsp3) is 0.941. The third-order valence-corrected chi connectivity index (χ3v) is 5.20. The summed E-state index contributed by atoms with van der Waals surface area (Å²) in [6, 6.07) is 0. The molecule has 0 N–H and O–H groups in total. The second kappa shape index (κ2) is 5.01. The topological polar surface area (TPSA) is 29.5 Å². The molecule has 1 rings (SSSR count). The molecule has 1 aliphatic heterocycles. The van der Waals surface area contributed by atoms with E-state index in [-0.39, 0.29) is 22.6 Å². The highest BCUT2D eigenvalue weighted by molar-refractivity contribution is 5.76. The van der Waals surface area contributed by atoms with E-state index in [0.29, 0.717) is 0 Å². The summed E-state index contributed by atoms with van der Waals surface area (Å²) < 4.78 is 5.99. The lowest BCUT2D eigenvalue weighted by molar-refractivity contribution is -0.187. The van der Waals surface area contributed by atoms with Crippen LogP contribution < -0.4 is 0 Å². The molecule has 0 unspecified atom stereocenters. The van der Waals surface area contributed by atoms with E-state index in [1.165, 1.54) is 0 Å². The van der Waals surface area contributed by atoms with E-state index in [0.717, 1.165) is 19.3 Å². The molecule has 3 heteroatoms. The summed E-state index contributed by atoms with van der Waals surface area (Å²) in [5, 5.41) is 0. The van der Waals surface area contributed by atoms with Gasteiger partial charge in [0.1, 0.15) is 5.60 Å². The van der Waals surface area contributed by atoms with E-state index in [1.807, 2.05) is 20.8 Å². The maximum Gasteiger partial charge on any atom is 0.312 e. The zero-order chi connectivity index (χ0) is 16.0. The van der Waals surface area contributed by atoms with Gasteiger partial charge in [0, 0.05) is 23.9 Å². The summed E-state index contributed by atoms with van der Waals surface area (Å²) in [6.45, 7) is 17.0. The minimum atomic E-state index is -0.402. The van der Waals surface area contributed by atoms with Gasteiger partial charge in [0.25, 0.3) is 0 Å². The van der Waals surface area contributed by atoms with Gasteiger partial charge in [-0.25, -0.2) is 0 Å². The van der Waals surface area contributed by atoms with Crippen molar-refractivity contribution in [2.45, 2.75) is 91.3 Å². The molecule has 0 aromatic carbocycles. The number of rotatable bonds is 3. The van der Waals surface area contributed by atoms with E-state index >= 15 is 0 Å². The lowest BCUT2D eigenvalue weighted by Gasteiger charge is -2.57.